The number of anilines is 1. The molecule has 1 amide bonds. The average Bonchev–Trinajstić information content (AvgIpc) is 3.29. The molecule has 2 aromatic rings. The van der Waals surface area contributed by atoms with Crippen molar-refractivity contribution in [3.05, 3.63) is 54.1 Å². The van der Waals surface area contributed by atoms with Crippen LogP contribution in [0.25, 0.3) is 0 Å². The summed E-state index contributed by atoms with van der Waals surface area (Å²) in [6.07, 6.45) is 0.854. The lowest BCUT2D eigenvalue weighted by molar-refractivity contribution is -0.117. The third-order valence-electron chi connectivity index (χ3n) is 3.81. The standard InChI is InChI=1S/C17H17NO3/c1-21-14-8-4-12(5-9-14)18-17(20)16-10-15(16)11-2-6-13(19)7-3-11/h2-9,15-16,19H,10H2,1H3,(H,18,20). The van der Waals surface area contributed by atoms with Crippen LogP contribution in [0.1, 0.15) is 17.9 Å². The molecule has 0 saturated heterocycles. The Balaban J connectivity index is 1.60. The Hall–Kier alpha value is -2.49. The van der Waals surface area contributed by atoms with Crippen LogP contribution in [-0.4, -0.2) is 18.1 Å². The molecule has 1 aliphatic carbocycles. The van der Waals surface area contributed by atoms with Crippen molar-refractivity contribution in [1.82, 2.24) is 0 Å². The second-order valence-electron chi connectivity index (χ2n) is 5.26. The molecule has 4 heteroatoms. The minimum atomic E-state index is 0.0108. The van der Waals surface area contributed by atoms with Crippen molar-refractivity contribution in [2.24, 2.45) is 5.92 Å². The molecular formula is C17H17NO3. The fourth-order valence-corrected chi connectivity index (χ4v) is 2.48. The van der Waals surface area contributed by atoms with Crippen molar-refractivity contribution < 1.29 is 14.6 Å². The molecule has 2 N–H and O–H groups in total. The lowest BCUT2D eigenvalue weighted by Gasteiger charge is -2.06. The normalized spacial score (nSPS) is 19.9. The number of phenols is 1. The van der Waals surface area contributed by atoms with Gasteiger partial charge in [-0.25, -0.2) is 0 Å². The molecule has 0 aliphatic heterocycles. The monoisotopic (exact) mass is 283 g/mol. The molecule has 108 valence electrons. The van der Waals surface area contributed by atoms with Crippen LogP contribution in [0.15, 0.2) is 48.5 Å². The van der Waals surface area contributed by atoms with Gasteiger partial charge in [0.05, 0.1) is 7.11 Å². The van der Waals surface area contributed by atoms with Crippen LogP contribution in [0.4, 0.5) is 5.69 Å². The Morgan fingerprint density at radius 1 is 1.14 bits per heavy atom. The number of carbonyl (C=O) groups excluding carboxylic acids is 1. The highest BCUT2D eigenvalue weighted by Gasteiger charge is 2.43. The molecule has 2 unspecified atom stereocenters. The van der Waals surface area contributed by atoms with Gasteiger partial charge >= 0.3 is 0 Å². The Morgan fingerprint density at radius 2 is 1.81 bits per heavy atom. The maximum atomic E-state index is 12.2. The van der Waals surface area contributed by atoms with Gasteiger partial charge in [-0.2, -0.15) is 0 Å². The number of nitrogens with one attached hydrogen (secondary N) is 1. The van der Waals surface area contributed by atoms with E-state index in [2.05, 4.69) is 5.32 Å². The van der Waals surface area contributed by atoms with E-state index in [0.717, 1.165) is 23.4 Å². The summed E-state index contributed by atoms with van der Waals surface area (Å²) in [5.74, 6) is 1.32. The van der Waals surface area contributed by atoms with Gasteiger partial charge in [-0.15, -0.1) is 0 Å². The van der Waals surface area contributed by atoms with E-state index < -0.39 is 0 Å². The van der Waals surface area contributed by atoms with E-state index in [1.165, 1.54) is 0 Å². The molecule has 2 atom stereocenters. The number of hydrogen-bond donors (Lipinski definition) is 2. The Morgan fingerprint density at radius 3 is 2.43 bits per heavy atom. The summed E-state index contributed by atoms with van der Waals surface area (Å²) in [6.45, 7) is 0. The molecule has 1 saturated carbocycles. The van der Waals surface area contributed by atoms with Crippen molar-refractivity contribution in [1.29, 1.82) is 0 Å². The fraction of sp³-hybridized carbons (Fsp3) is 0.235. The molecule has 0 radical (unpaired) electrons. The first kappa shape index (κ1) is 13.5. The summed E-state index contributed by atoms with van der Waals surface area (Å²) in [6, 6.07) is 14.4. The van der Waals surface area contributed by atoms with Gasteiger partial charge in [-0.05, 0) is 54.3 Å². The van der Waals surface area contributed by atoms with Gasteiger partial charge in [0.1, 0.15) is 11.5 Å². The topological polar surface area (TPSA) is 58.6 Å². The predicted octanol–water partition coefficient (Wildman–Crippen LogP) is 3.14. The minimum absolute atomic E-state index is 0.0108. The number of rotatable bonds is 4. The van der Waals surface area contributed by atoms with Crippen molar-refractivity contribution >= 4 is 11.6 Å². The molecule has 1 aliphatic rings. The molecular weight excluding hydrogens is 266 g/mol. The van der Waals surface area contributed by atoms with E-state index in [1.54, 1.807) is 19.2 Å². The number of aromatic hydroxyl groups is 1. The van der Waals surface area contributed by atoms with Gasteiger partial charge < -0.3 is 15.2 Å². The lowest BCUT2D eigenvalue weighted by atomic mass is 10.1. The molecule has 0 bridgehead atoms. The number of methoxy groups -OCH3 is 1. The molecule has 21 heavy (non-hydrogen) atoms. The molecule has 0 spiro atoms. The van der Waals surface area contributed by atoms with Crippen LogP contribution >= 0.6 is 0 Å². The van der Waals surface area contributed by atoms with E-state index in [9.17, 15) is 9.90 Å². The van der Waals surface area contributed by atoms with Crippen molar-refractivity contribution in [2.75, 3.05) is 12.4 Å². The first-order chi connectivity index (χ1) is 10.2. The second-order valence-corrected chi connectivity index (χ2v) is 5.26. The fourth-order valence-electron chi connectivity index (χ4n) is 2.48. The van der Waals surface area contributed by atoms with Gasteiger partial charge in [-0.3, -0.25) is 4.79 Å². The summed E-state index contributed by atoms with van der Waals surface area (Å²) < 4.78 is 5.09. The quantitative estimate of drug-likeness (QED) is 0.906. The number of amides is 1. The zero-order valence-corrected chi connectivity index (χ0v) is 11.7. The maximum Gasteiger partial charge on any atom is 0.228 e. The highest BCUT2D eigenvalue weighted by atomic mass is 16.5. The van der Waals surface area contributed by atoms with E-state index in [-0.39, 0.29) is 23.5 Å². The number of ether oxygens (including phenoxy) is 1. The summed E-state index contributed by atoms with van der Waals surface area (Å²) >= 11 is 0. The van der Waals surface area contributed by atoms with Crippen LogP contribution in [0.5, 0.6) is 11.5 Å². The third-order valence-corrected chi connectivity index (χ3v) is 3.81. The van der Waals surface area contributed by atoms with Crippen LogP contribution in [-0.2, 0) is 4.79 Å². The zero-order valence-electron chi connectivity index (χ0n) is 11.7. The molecule has 4 nitrogen and oxygen atoms in total. The lowest BCUT2D eigenvalue weighted by Crippen LogP contribution is -2.14. The first-order valence-electron chi connectivity index (χ1n) is 6.91. The van der Waals surface area contributed by atoms with Gasteiger partial charge in [-0.1, -0.05) is 12.1 Å². The van der Waals surface area contributed by atoms with Gasteiger partial charge in [0.25, 0.3) is 0 Å². The second kappa shape index (κ2) is 5.48. The van der Waals surface area contributed by atoms with Crippen LogP contribution in [0, 0.1) is 5.92 Å². The Kier molecular flexibility index (Phi) is 3.52. The Bertz CT molecular complexity index is 634. The van der Waals surface area contributed by atoms with Crippen molar-refractivity contribution in [2.45, 2.75) is 12.3 Å². The molecule has 3 rings (SSSR count). The van der Waals surface area contributed by atoms with E-state index in [1.807, 2.05) is 36.4 Å². The smallest absolute Gasteiger partial charge is 0.228 e. The Labute approximate surface area is 123 Å². The molecule has 2 aromatic carbocycles. The number of phenolic OH excluding ortho intramolecular Hbond substituents is 1. The first-order valence-corrected chi connectivity index (χ1v) is 6.91. The van der Waals surface area contributed by atoms with Crippen molar-refractivity contribution in [3.8, 4) is 11.5 Å². The van der Waals surface area contributed by atoms with Crippen LogP contribution < -0.4 is 10.1 Å². The SMILES string of the molecule is COc1ccc(NC(=O)C2CC2c2ccc(O)cc2)cc1. The maximum absolute atomic E-state index is 12.2. The summed E-state index contributed by atoms with van der Waals surface area (Å²) in [5.41, 5.74) is 1.87. The zero-order chi connectivity index (χ0) is 14.8. The van der Waals surface area contributed by atoms with E-state index in [0.29, 0.717) is 0 Å². The number of hydrogen-bond acceptors (Lipinski definition) is 3. The minimum Gasteiger partial charge on any atom is -0.508 e. The van der Waals surface area contributed by atoms with E-state index in [4.69, 9.17) is 4.74 Å². The predicted molar refractivity (Wildman–Crippen MR) is 80.6 cm³/mol. The number of carbonyl (C=O) groups is 1. The summed E-state index contributed by atoms with van der Waals surface area (Å²) in [7, 11) is 1.61. The average molecular weight is 283 g/mol. The van der Waals surface area contributed by atoms with E-state index >= 15 is 0 Å². The van der Waals surface area contributed by atoms with Gasteiger partial charge in [0, 0.05) is 11.6 Å². The van der Waals surface area contributed by atoms with Crippen LogP contribution in [0.3, 0.4) is 0 Å². The summed E-state index contributed by atoms with van der Waals surface area (Å²) in [5, 5.41) is 12.2. The van der Waals surface area contributed by atoms with Gasteiger partial charge in [0.15, 0.2) is 0 Å². The van der Waals surface area contributed by atoms with Gasteiger partial charge in [0.2, 0.25) is 5.91 Å². The third kappa shape index (κ3) is 2.99. The largest absolute Gasteiger partial charge is 0.508 e. The van der Waals surface area contributed by atoms with Crippen LogP contribution in [0.2, 0.25) is 0 Å². The molecule has 0 heterocycles. The highest BCUT2D eigenvalue weighted by Crippen LogP contribution is 2.48. The summed E-state index contributed by atoms with van der Waals surface area (Å²) in [4.78, 5) is 12.2. The van der Waals surface area contributed by atoms with Crippen molar-refractivity contribution in [3.63, 3.8) is 0 Å². The molecule has 0 aromatic heterocycles. The number of benzene rings is 2. The molecule has 1 fully saturated rings. The highest BCUT2D eigenvalue weighted by molar-refractivity contribution is 5.95.